The maximum atomic E-state index is 13.1. The standard InChI is InChI=1S/C27H26ClIN4O4/c1-33(2)19-11-9-17(10-12-19)14-23(31-26(34)20-7-5-6-8-21(20)28)27(35)32-30-16-18-13-22(29)25(37-4)24(15-18)36-3/h5-16H,1-4H3,(H,31,34)(H,32,35). The molecule has 0 bridgehead atoms. The van der Waals surface area contributed by atoms with Crippen LogP contribution in [0.5, 0.6) is 11.5 Å². The molecule has 0 unspecified atom stereocenters. The molecule has 0 saturated heterocycles. The van der Waals surface area contributed by atoms with Crippen LogP contribution in [0.2, 0.25) is 5.02 Å². The molecule has 8 nitrogen and oxygen atoms in total. The summed E-state index contributed by atoms with van der Waals surface area (Å²) in [5.74, 6) is 0.0202. The molecule has 3 rings (SSSR count). The van der Waals surface area contributed by atoms with E-state index in [1.54, 1.807) is 50.6 Å². The number of ether oxygens (including phenoxy) is 2. The molecule has 0 spiro atoms. The molecule has 0 aliphatic carbocycles. The lowest BCUT2D eigenvalue weighted by Gasteiger charge is -2.13. The van der Waals surface area contributed by atoms with Crippen molar-refractivity contribution in [2.75, 3.05) is 33.2 Å². The average molecular weight is 633 g/mol. The zero-order valence-corrected chi connectivity index (χ0v) is 23.6. The van der Waals surface area contributed by atoms with Crippen LogP contribution in [0, 0.1) is 3.57 Å². The Balaban J connectivity index is 1.86. The van der Waals surface area contributed by atoms with Crippen molar-refractivity contribution in [3.8, 4) is 11.5 Å². The second kappa shape index (κ2) is 13.1. The first-order valence-electron chi connectivity index (χ1n) is 11.0. The van der Waals surface area contributed by atoms with Crippen LogP contribution < -0.4 is 25.1 Å². The Hall–Kier alpha value is -3.57. The van der Waals surface area contributed by atoms with Gasteiger partial charge in [-0.3, -0.25) is 9.59 Å². The number of carbonyl (C=O) groups excluding carboxylic acids is 2. The molecular weight excluding hydrogens is 607 g/mol. The van der Waals surface area contributed by atoms with Gasteiger partial charge >= 0.3 is 0 Å². The topological polar surface area (TPSA) is 92.3 Å². The van der Waals surface area contributed by atoms with Crippen molar-refractivity contribution in [3.05, 3.63) is 91.6 Å². The fraction of sp³-hybridized carbons (Fsp3) is 0.148. The van der Waals surface area contributed by atoms with E-state index in [0.717, 1.165) is 9.26 Å². The lowest BCUT2D eigenvalue weighted by molar-refractivity contribution is -0.117. The third-order valence-corrected chi connectivity index (χ3v) is 6.30. The van der Waals surface area contributed by atoms with Gasteiger partial charge in [0.15, 0.2) is 11.5 Å². The maximum absolute atomic E-state index is 13.1. The van der Waals surface area contributed by atoms with Gasteiger partial charge in [0.05, 0.1) is 34.6 Å². The first kappa shape index (κ1) is 28.0. The minimum atomic E-state index is -0.608. The van der Waals surface area contributed by atoms with E-state index in [4.69, 9.17) is 21.1 Å². The molecule has 37 heavy (non-hydrogen) atoms. The SMILES string of the molecule is COc1cc(C=NNC(=O)C(=Cc2ccc(N(C)C)cc2)NC(=O)c2ccccc2Cl)cc(I)c1OC. The van der Waals surface area contributed by atoms with Crippen LogP contribution in [0.15, 0.2) is 71.5 Å². The van der Waals surface area contributed by atoms with E-state index in [0.29, 0.717) is 22.6 Å². The van der Waals surface area contributed by atoms with E-state index in [9.17, 15) is 9.59 Å². The molecule has 0 saturated carbocycles. The number of carbonyl (C=O) groups is 2. The Morgan fingerprint density at radius 2 is 1.70 bits per heavy atom. The molecule has 10 heteroatoms. The van der Waals surface area contributed by atoms with Crippen LogP contribution in [0.25, 0.3) is 6.08 Å². The van der Waals surface area contributed by atoms with Gasteiger partial charge in [-0.1, -0.05) is 35.9 Å². The van der Waals surface area contributed by atoms with Crippen molar-refractivity contribution < 1.29 is 19.1 Å². The molecule has 0 atom stereocenters. The minimum absolute atomic E-state index is 0.00145. The van der Waals surface area contributed by atoms with E-state index in [1.165, 1.54) is 6.21 Å². The molecule has 0 heterocycles. The van der Waals surface area contributed by atoms with E-state index in [-0.39, 0.29) is 16.3 Å². The molecule has 0 fully saturated rings. The van der Waals surface area contributed by atoms with E-state index < -0.39 is 11.8 Å². The smallest absolute Gasteiger partial charge is 0.287 e. The van der Waals surface area contributed by atoms with Crippen LogP contribution in [-0.4, -0.2) is 46.3 Å². The summed E-state index contributed by atoms with van der Waals surface area (Å²) >= 11 is 8.30. The highest BCUT2D eigenvalue weighted by Gasteiger charge is 2.16. The van der Waals surface area contributed by atoms with Crippen LogP contribution in [0.1, 0.15) is 21.5 Å². The molecular formula is C27H26ClIN4O4. The van der Waals surface area contributed by atoms with E-state index in [1.807, 2.05) is 49.3 Å². The number of amides is 2. The number of hydrogen-bond donors (Lipinski definition) is 2. The van der Waals surface area contributed by atoms with Crippen LogP contribution in [-0.2, 0) is 4.79 Å². The van der Waals surface area contributed by atoms with Crippen LogP contribution in [0.3, 0.4) is 0 Å². The number of hydrogen-bond acceptors (Lipinski definition) is 6. The van der Waals surface area contributed by atoms with Crippen molar-refractivity contribution in [2.24, 2.45) is 5.10 Å². The monoisotopic (exact) mass is 632 g/mol. The first-order chi connectivity index (χ1) is 17.7. The Morgan fingerprint density at radius 1 is 1.00 bits per heavy atom. The quantitative estimate of drug-likeness (QED) is 0.151. The average Bonchev–Trinajstić information content (AvgIpc) is 2.88. The third kappa shape index (κ3) is 7.46. The Morgan fingerprint density at radius 3 is 2.32 bits per heavy atom. The summed E-state index contributed by atoms with van der Waals surface area (Å²) in [7, 11) is 6.98. The summed E-state index contributed by atoms with van der Waals surface area (Å²) in [6.45, 7) is 0. The molecule has 2 amide bonds. The summed E-state index contributed by atoms with van der Waals surface area (Å²) < 4.78 is 11.5. The van der Waals surface area contributed by atoms with Crippen LogP contribution >= 0.6 is 34.2 Å². The molecule has 0 aliphatic heterocycles. The van der Waals surface area contributed by atoms with Gasteiger partial charge in [0.1, 0.15) is 5.70 Å². The van der Waals surface area contributed by atoms with Gasteiger partial charge in [0.25, 0.3) is 11.8 Å². The highest BCUT2D eigenvalue weighted by Crippen LogP contribution is 2.33. The number of nitrogens with one attached hydrogen (secondary N) is 2. The van der Waals surface area contributed by atoms with Crippen molar-refractivity contribution >= 4 is 64.0 Å². The Kier molecular flexibility index (Phi) is 9.93. The van der Waals surface area contributed by atoms with Crippen molar-refractivity contribution in [3.63, 3.8) is 0 Å². The number of hydrazone groups is 1. The normalized spacial score (nSPS) is 11.2. The molecule has 3 aromatic rings. The van der Waals surface area contributed by atoms with Gasteiger partial charge < -0.3 is 19.7 Å². The van der Waals surface area contributed by atoms with E-state index in [2.05, 4.69) is 38.4 Å². The first-order valence-corrected chi connectivity index (χ1v) is 12.5. The zero-order chi connectivity index (χ0) is 26.9. The fourth-order valence-corrected chi connectivity index (χ4v) is 4.33. The van der Waals surface area contributed by atoms with E-state index >= 15 is 0 Å². The summed E-state index contributed by atoms with van der Waals surface area (Å²) in [6.07, 6.45) is 3.04. The maximum Gasteiger partial charge on any atom is 0.287 e. The molecule has 0 aromatic heterocycles. The second-order valence-corrected chi connectivity index (χ2v) is 9.48. The molecule has 3 aromatic carbocycles. The summed E-state index contributed by atoms with van der Waals surface area (Å²) in [4.78, 5) is 27.9. The van der Waals surface area contributed by atoms with Crippen LogP contribution in [0.4, 0.5) is 5.69 Å². The molecule has 2 N–H and O–H groups in total. The van der Waals surface area contributed by atoms with Crippen molar-refractivity contribution in [2.45, 2.75) is 0 Å². The van der Waals surface area contributed by atoms with Crippen molar-refractivity contribution in [1.29, 1.82) is 0 Å². The zero-order valence-electron chi connectivity index (χ0n) is 20.7. The fourth-order valence-electron chi connectivity index (χ4n) is 3.27. The summed E-state index contributed by atoms with van der Waals surface area (Å²) in [6, 6.07) is 17.7. The second-order valence-electron chi connectivity index (χ2n) is 7.92. The van der Waals surface area contributed by atoms with Gasteiger partial charge in [0, 0.05) is 19.8 Å². The van der Waals surface area contributed by atoms with Crippen molar-refractivity contribution in [1.82, 2.24) is 10.7 Å². The predicted octanol–water partition coefficient (Wildman–Crippen LogP) is 4.95. The lowest BCUT2D eigenvalue weighted by atomic mass is 10.1. The number of rotatable bonds is 9. The predicted molar refractivity (Wildman–Crippen MR) is 156 cm³/mol. The molecule has 0 radical (unpaired) electrons. The third-order valence-electron chi connectivity index (χ3n) is 5.17. The number of halogens is 2. The van der Waals surface area contributed by atoms with Gasteiger partial charge in [0.2, 0.25) is 0 Å². The lowest BCUT2D eigenvalue weighted by Crippen LogP contribution is -2.33. The largest absolute Gasteiger partial charge is 0.493 e. The Bertz CT molecular complexity index is 1340. The highest BCUT2D eigenvalue weighted by molar-refractivity contribution is 14.1. The Labute approximate surface area is 234 Å². The van der Waals surface area contributed by atoms with Gasteiger partial charge in [-0.05, 0) is 76.2 Å². The summed E-state index contributed by atoms with van der Waals surface area (Å²) in [5.41, 5.74) is 5.12. The number of nitrogens with zero attached hydrogens (tertiary/aromatic N) is 2. The number of benzene rings is 3. The molecule has 192 valence electrons. The minimum Gasteiger partial charge on any atom is -0.493 e. The molecule has 0 aliphatic rings. The highest BCUT2D eigenvalue weighted by atomic mass is 127. The van der Waals surface area contributed by atoms with Gasteiger partial charge in [-0.2, -0.15) is 5.10 Å². The van der Waals surface area contributed by atoms with Gasteiger partial charge in [-0.15, -0.1) is 0 Å². The number of anilines is 1. The summed E-state index contributed by atoms with van der Waals surface area (Å²) in [5, 5.41) is 6.99. The number of methoxy groups -OCH3 is 2. The van der Waals surface area contributed by atoms with Gasteiger partial charge in [-0.25, -0.2) is 5.43 Å².